The molecular formula is C29H36FN7OS. The molecule has 6 rings (SSSR count). The molecule has 10 heteroatoms. The summed E-state index contributed by atoms with van der Waals surface area (Å²) in [6.45, 7) is 8.21. The van der Waals surface area contributed by atoms with Crippen LogP contribution in [0.25, 0.3) is 10.2 Å². The molecule has 2 bridgehead atoms. The highest BCUT2D eigenvalue weighted by Gasteiger charge is 2.47. The van der Waals surface area contributed by atoms with Gasteiger partial charge in [-0.1, -0.05) is 26.0 Å². The Labute approximate surface area is 232 Å². The number of hydrogen-bond donors (Lipinski definition) is 3. The zero-order valence-electron chi connectivity index (χ0n) is 22.4. The minimum Gasteiger partial charge on any atom is -0.369 e. The smallest absolute Gasteiger partial charge is 0.229 e. The zero-order chi connectivity index (χ0) is 27.1. The van der Waals surface area contributed by atoms with E-state index in [1.165, 1.54) is 6.07 Å². The number of anilines is 4. The number of primary amides is 1. The second-order valence-electron chi connectivity index (χ2n) is 10.8. The summed E-state index contributed by atoms with van der Waals surface area (Å²) in [5.74, 6) is 0.662. The summed E-state index contributed by atoms with van der Waals surface area (Å²) < 4.78 is 16.2. The van der Waals surface area contributed by atoms with E-state index in [0.29, 0.717) is 29.2 Å². The van der Waals surface area contributed by atoms with Gasteiger partial charge >= 0.3 is 0 Å². The van der Waals surface area contributed by atoms with Crippen LogP contribution in [0.3, 0.4) is 0 Å². The van der Waals surface area contributed by atoms with Crippen LogP contribution >= 0.6 is 11.3 Å². The Morgan fingerprint density at radius 3 is 2.64 bits per heavy atom. The van der Waals surface area contributed by atoms with Crippen molar-refractivity contribution in [1.29, 1.82) is 0 Å². The third-order valence-corrected chi connectivity index (χ3v) is 9.64. The predicted molar refractivity (Wildman–Crippen MR) is 156 cm³/mol. The number of allylic oxidation sites excluding steroid dienone is 1. The number of aromatic nitrogens is 2. The second kappa shape index (κ2) is 10.7. The van der Waals surface area contributed by atoms with Crippen LogP contribution in [0.15, 0.2) is 41.8 Å². The molecule has 4 atom stereocenters. The number of benzene rings is 1. The van der Waals surface area contributed by atoms with Crippen molar-refractivity contribution in [3.8, 4) is 0 Å². The molecule has 3 aromatic rings. The molecule has 39 heavy (non-hydrogen) atoms. The van der Waals surface area contributed by atoms with Crippen molar-refractivity contribution in [2.75, 3.05) is 41.7 Å². The van der Waals surface area contributed by atoms with E-state index in [1.807, 2.05) is 23.6 Å². The maximum atomic E-state index is 15.3. The van der Waals surface area contributed by atoms with Crippen molar-refractivity contribution >= 4 is 50.6 Å². The van der Waals surface area contributed by atoms with Crippen molar-refractivity contribution in [2.45, 2.75) is 45.2 Å². The number of nitrogens with two attached hydrogens (primary N) is 1. The number of hydrogen-bond acceptors (Lipinski definition) is 8. The first-order valence-corrected chi connectivity index (χ1v) is 14.9. The van der Waals surface area contributed by atoms with Crippen LogP contribution in [0.1, 0.15) is 33.1 Å². The first-order valence-electron chi connectivity index (χ1n) is 14.0. The average molecular weight is 550 g/mol. The van der Waals surface area contributed by atoms with Gasteiger partial charge < -0.3 is 26.2 Å². The van der Waals surface area contributed by atoms with Gasteiger partial charge in [0.1, 0.15) is 11.6 Å². The summed E-state index contributed by atoms with van der Waals surface area (Å²) in [6.07, 6.45) is 7.29. The molecule has 1 amide bonds. The molecule has 2 unspecified atom stereocenters. The van der Waals surface area contributed by atoms with Gasteiger partial charge in [-0.25, -0.2) is 9.37 Å². The van der Waals surface area contributed by atoms with Gasteiger partial charge in [0.15, 0.2) is 0 Å². The maximum absolute atomic E-state index is 15.3. The third-order valence-electron chi connectivity index (χ3n) is 8.73. The fourth-order valence-electron chi connectivity index (χ4n) is 6.76. The highest BCUT2D eigenvalue weighted by Crippen LogP contribution is 2.45. The Morgan fingerprint density at radius 2 is 1.92 bits per heavy atom. The summed E-state index contributed by atoms with van der Waals surface area (Å²) in [4.78, 5) is 26.3. The van der Waals surface area contributed by atoms with Crippen LogP contribution < -0.4 is 21.3 Å². The molecule has 2 fully saturated rings. The highest BCUT2D eigenvalue weighted by atomic mass is 32.1. The van der Waals surface area contributed by atoms with Crippen molar-refractivity contribution in [3.05, 3.63) is 47.6 Å². The number of thiophene rings is 1. The summed E-state index contributed by atoms with van der Waals surface area (Å²) >= 11 is 1.55. The Morgan fingerprint density at radius 1 is 1.15 bits per heavy atom. The van der Waals surface area contributed by atoms with Gasteiger partial charge in [0.05, 0.1) is 21.8 Å². The van der Waals surface area contributed by atoms with E-state index in [0.717, 1.165) is 55.7 Å². The van der Waals surface area contributed by atoms with E-state index in [2.05, 4.69) is 51.4 Å². The lowest BCUT2D eigenvalue weighted by atomic mass is 9.88. The number of piperidine rings is 1. The molecule has 2 aliphatic carbocycles. The minimum absolute atomic E-state index is 0.104. The fourth-order valence-corrected chi connectivity index (χ4v) is 7.55. The molecule has 206 valence electrons. The van der Waals surface area contributed by atoms with Crippen molar-refractivity contribution < 1.29 is 9.18 Å². The molecule has 1 saturated carbocycles. The maximum Gasteiger partial charge on any atom is 0.229 e. The number of amides is 1. The lowest BCUT2D eigenvalue weighted by Gasteiger charge is -2.38. The zero-order valence-corrected chi connectivity index (χ0v) is 23.3. The molecule has 2 aromatic heterocycles. The molecule has 1 saturated heterocycles. The number of nitrogens with zero attached hydrogens (tertiary/aromatic N) is 4. The van der Waals surface area contributed by atoms with Gasteiger partial charge in [-0.05, 0) is 73.8 Å². The number of nitrogens with one attached hydrogen (secondary N) is 2. The SMILES string of the molecule is CCN(CC)C1CCN(c2ccc(Nc3nc(N[C@@H]4C5C=CC(C5)[C@@H]4C(N)=O)c4sccc4n3)cc2F)CC1. The van der Waals surface area contributed by atoms with Crippen LogP contribution in [0, 0.1) is 23.6 Å². The van der Waals surface area contributed by atoms with E-state index in [-0.39, 0.29) is 35.5 Å². The molecular weight excluding hydrogens is 513 g/mol. The van der Waals surface area contributed by atoms with E-state index in [9.17, 15) is 4.79 Å². The molecule has 8 nitrogen and oxygen atoms in total. The summed E-state index contributed by atoms with van der Waals surface area (Å²) in [5, 5.41) is 8.69. The third kappa shape index (κ3) is 4.96. The second-order valence-corrected chi connectivity index (χ2v) is 11.7. The summed E-state index contributed by atoms with van der Waals surface area (Å²) in [7, 11) is 0. The summed E-state index contributed by atoms with van der Waals surface area (Å²) in [6, 6.07) is 7.65. The van der Waals surface area contributed by atoms with Gasteiger partial charge in [-0.15, -0.1) is 11.3 Å². The monoisotopic (exact) mass is 549 g/mol. The number of rotatable bonds is 9. The van der Waals surface area contributed by atoms with Gasteiger partial charge in [0, 0.05) is 30.9 Å². The van der Waals surface area contributed by atoms with E-state index in [4.69, 9.17) is 10.7 Å². The highest BCUT2D eigenvalue weighted by molar-refractivity contribution is 7.17. The lowest BCUT2D eigenvalue weighted by Crippen LogP contribution is -2.45. The van der Waals surface area contributed by atoms with Gasteiger partial charge in [0.25, 0.3) is 0 Å². The van der Waals surface area contributed by atoms with Crippen molar-refractivity contribution in [3.63, 3.8) is 0 Å². The number of halogens is 1. The largest absolute Gasteiger partial charge is 0.369 e. The van der Waals surface area contributed by atoms with Crippen molar-refractivity contribution in [1.82, 2.24) is 14.9 Å². The van der Waals surface area contributed by atoms with E-state index < -0.39 is 0 Å². The van der Waals surface area contributed by atoms with Crippen LogP contribution in [0.5, 0.6) is 0 Å². The molecule has 1 aliphatic heterocycles. The molecule has 4 N–H and O–H groups in total. The van der Waals surface area contributed by atoms with Gasteiger partial charge in [0.2, 0.25) is 11.9 Å². The fraction of sp³-hybridized carbons (Fsp3) is 0.483. The topological polar surface area (TPSA) is 99.4 Å². The van der Waals surface area contributed by atoms with Gasteiger partial charge in [-0.2, -0.15) is 4.98 Å². The van der Waals surface area contributed by atoms with Crippen LogP contribution in [-0.2, 0) is 4.79 Å². The van der Waals surface area contributed by atoms with E-state index in [1.54, 1.807) is 11.3 Å². The van der Waals surface area contributed by atoms with E-state index >= 15 is 4.39 Å². The molecule has 1 aromatic carbocycles. The molecule has 3 aliphatic rings. The predicted octanol–water partition coefficient (Wildman–Crippen LogP) is 4.97. The minimum atomic E-state index is -0.285. The van der Waals surface area contributed by atoms with Crippen LogP contribution in [0.4, 0.5) is 27.5 Å². The van der Waals surface area contributed by atoms with Crippen LogP contribution in [-0.4, -0.2) is 59.0 Å². The first kappa shape index (κ1) is 26.0. The van der Waals surface area contributed by atoms with Crippen molar-refractivity contribution in [2.24, 2.45) is 23.5 Å². The Kier molecular flexibility index (Phi) is 7.16. The Hall–Kier alpha value is -3.24. The average Bonchev–Trinajstić information content (AvgIpc) is 3.67. The number of carbonyl (C=O) groups excluding carboxylic acids is 1. The standard InChI is InChI=1S/C29H36FN7OS/c1-3-36(4-2)20-9-12-37(13-10-20)23-8-7-19(16-21(23)30)32-29-33-22-11-14-39-26(22)28(35-29)34-25-18-6-5-17(15-18)24(25)27(31)38/h5-8,11,14,16-18,20,24-25H,3-4,9-10,12-13,15H2,1-2H3,(H2,31,38)(H2,32,33,34,35)/t17?,18?,24-,25+/m0/s1. The molecule has 3 heterocycles. The number of carbonyl (C=O) groups is 1. The quantitative estimate of drug-likeness (QED) is 0.324. The Bertz CT molecular complexity index is 1380. The summed E-state index contributed by atoms with van der Waals surface area (Å²) in [5.41, 5.74) is 7.79. The molecule has 0 radical (unpaired) electrons. The lowest BCUT2D eigenvalue weighted by molar-refractivity contribution is -0.122. The first-order chi connectivity index (χ1) is 18.9. The van der Waals surface area contributed by atoms with Gasteiger partial charge in [-0.3, -0.25) is 4.79 Å². The number of fused-ring (bicyclic) bond motifs is 3. The van der Waals surface area contributed by atoms with Crippen LogP contribution in [0.2, 0.25) is 0 Å². The normalized spacial score (nSPS) is 24.7. The Balaban J connectivity index is 1.19. The molecule has 0 spiro atoms.